The Bertz CT molecular complexity index is 772. The molecule has 18 heavy (non-hydrogen) atoms. The molecule has 0 spiro atoms. The number of nitrogens with one attached hydrogen (secondary N) is 1. The van der Waals surface area contributed by atoms with Gasteiger partial charge in [0.1, 0.15) is 0 Å². The van der Waals surface area contributed by atoms with Gasteiger partial charge in [-0.25, -0.2) is 0 Å². The number of nitrogens with zero attached hydrogens (tertiary/aromatic N) is 3. The minimum Gasteiger partial charge on any atom is -0.330 e. The number of hydrogen-bond acceptors (Lipinski definition) is 2. The fourth-order valence-electron chi connectivity index (χ4n) is 2.15. The van der Waals surface area contributed by atoms with Crippen LogP contribution in [0, 0.1) is 18.6 Å². The predicted molar refractivity (Wildman–Crippen MR) is 74.7 cm³/mol. The van der Waals surface area contributed by atoms with Crippen LogP contribution in [0.5, 0.6) is 0 Å². The quantitative estimate of drug-likeness (QED) is 0.681. The van der Waals surface area contributed by atoms with Gasteiger partial charge in [0, 0.05) is 18.8 Å². The van der Waals surface area contributed by atoms with E-state index in [9.17, 15) is 0 Å². The molecule has 0 aliphatic heterocycles. The van der Waals surface area contributed by atoms with Crippen molar-refractivity contribution < 1.29 is 0 Å². The van der Waals surface area contributed by atoms with Crippen LogP contribution in [-0.2, 0) is 7.05 Å². The molecule has 0 bridgehead atoms. The summed E-state index contributed by atoms with van der Waals surface area (Å²) in [7, 11) is 1.93. The van der Waals surface area contributed by atoms with Crippen molar-refractivity contribution in [2.75, 3.05) is 0 Å². The SMILES string of the molecule is Cc1cccc2c1[nH]c(=S)n2-c1cc(C)n(C)n1. The minimum absolute atomic E-state index is 0.678. The van der Waals surface area contributed by atoms with Crippen LogP contribution in [-0.4, -0.2) is 19.3 Å². The second kappa shape index (κ2) is 3.81. The summed E-state index contributed by atoms with van der Waals surface area (Å²) in [5.74, 6) is 0.858. The smallest absolute Gasteiger partial charge is 0.184 e. The van der Waals surface area contributed by atoms with Gasteiger partial charge >= 0.3 is 0 Å². The van der Waals surface area contributed by atoms with Crippen molar-refractivity contribution in [1.29, 1.82) is 0 Å². The standard InChI is InChI=1S/C13H14N4S/c1-8-5-4-6-10-12(8)14-13(18)17(10)11-7-9(2)16(3)15-11/h4-7H,1-3H3,(H,14,18). The molecule has 0 saturated heterocycles. The lowest BCUT2D eigenvalue weighted by Crippen LogP contribution is -1.97. The van der Waals surface area contributed by atoms with E-state index in [0.29, 0.717) is 4.77 Å². The molecule has 3 aromatic rings. The van der Waals surface area contributed by atoms with Crippen LogP contribution >= 0.6 is 12.2 Å². The number of para-hydroxylation sites is 1. The summed E-state index contributed by atoms with van der Waals surface area (Å²) < 4.78 is 4.51. The lowest BCUT2D eigenvalue weighted by Gasteiger charge is -2.00. The van der Waals surface area contributed by atoms with Crippen LogP contribution in [0.1, 0.15) is 11.3 Å². The summed E-state index contributed by atoms with van der Waals surface area (Å²) in [5, 5.41) is 4.49. The molecule has 0 fully saturated rings. The number of hydrogen-bond donors (Lipinski definition) is 1. The molecule has 3 rings (SSSR count). The van der Waals surface area contributed by atoms with Gasteiger partial charge in [0.2, 0.25) is 0 Å². The molecule has 1 aromatic carbocycles. The van der Waals surface area contributed by atoms with E-state index in [1.54, 1.807) is 0 Å². The van der Waals surface area contributed by atoms with Crippen molar-refractivity contribution in [3.05, 3.63) is 40.3 Å². The van der Waals surface area contributed by atoms with Gasteiger partial charge in [-0.1, -0.05) is 12.1 Å². The Labute approximate surface area is 110 Å². The molecule has 0 amide bonds. The number of rotatable bonds is 1. The van der Waals surface area contributed by atoms with Crippen molar-refractivity contribution in [3.8, 4) is 5.82 Å². The van der Waals surface area contributed by atoms with E-state index in [2.05, 4.69) is 29.1 Å². The Morgan fingerprint density at radius 2 is 2.06 bits per heavy atom. The number of aromatic nitrogens is 4. The topological polar surface area (TPSA) is 38.5 Å². The highest BCUT2D eigenvalue weighted by molar-refractivity contribution is 7.71. The number of aromatic amines is 1. The Morgan fingerprint density at radius 1 is 1.28 bits per heavy atom. The average molecular weight is 258 g/mol. The van der Waals surface area contributed by atoms with Crippen LogP contribution in [0.2, 0.25) is 0 Å². The third-order valence-electron chi connectivity index (χ3n) is 3.26. The number of fused-ring (bicyclic) bond motifs is 1. The van der Waals surface area contributed by atoms with Crippen molar-refractivity contribution >= 4 is 23.3 Å². The molecule has 2 heterocycles. The van der Waals surface area contributed by atoms with Crippen LogP contribution < -0.4 is 0 Å². The molecule has 1 N–H and O–H groups in total. The van der Waals surface area contributed by atoms with Gasteiger partial charge in [0.25, 0.3) is 0 Å². The lowest BCUT2D eigenvalue weighted by molar-refractivity contribution is 0.728. The zero-order valence-electron chi connectivity index (χ0n) is 10.6. The van der Waals surface area contributed by atoms with E-state index in [1.165, 1.54) is 5.56 Å². The maximum Gasteiger partial charge on any atom is 0.184 e. The molecule has 0 saturated carbocycles. The van der Waals surface area contributed by atoms with Crippen molar-refractivity contribution in [2.45, 2.75) is 13.8 Å². The molecule has 2 aromatic heterocycles. The third kappa shape index (κ3) is 1.51. The van der Waals surface area contributed by atoms with E-state index in [1.807, 2.05) is 35.4 Å². The van der Waals surface area contributed by atoms with E-state index >= 15 is 0 Å². The van der Waals surface area contributed by atoms with E-state index < -0.39 is 0 Å². The average Bonchev–Trinajstić information content (AvgIpc) is 2.81. The summed E-state index contributed by atoms with van der Waals surface area (Å²) in [5.41, 5.74) is 4.43. The first-order valence-corrected chi connectivity index (χ1v) is 6.20. The molecular weight excluding hydrogens is 244 g/mol. The number of H-pyrrole nitrogens is 1. The normalized spacial score (nSPS) is 11.3. The Hall–Kier alpha value is -1.88. The van der Waals surface area contributed by atoms with Gasteiger partial charge in [0.05, 0.1) is 11.0 Å². The van der Waals surface area contributed by atoms with Gasteiger partial charge in [-0.05, 0) is 37.7 Å². The maximum absolute atomic E-state index is 5.41. The minimum atomic E-state index is 0.678. The van der Waals surface area contributed by atoms with Crippen molar-refractivity contribution in [3.63, 3.8) is 0 Å². The maximum atomic E-state index is 5.41. The fraction of sp³-hybridized carbons (Fsp3) is 0.231. The molecule has 0 atom stereocenters. The summed E-state index contributed by atoms with van der Waals surface area (Å²) >= 11 is 5.41. The van der Waals surface area contributed by atoms with Gasteiger partial charge in [-0.2, -0.15) is 5.10 Å². The Morgan fingerprint density at radius 3 is 2.72 bits per heavy atom. The highest BCUT2D eigenvalue weighted by Crippen LogP contribution is 2.21. The number of benzene rings is 1. The molecule has 4 nitrogen and oxygen atoms in total. The number of aryl methyl sites for hydroxylation is 3. The first-order chi connectivity index (χ1) is 8.58. The largest absolute Gasteiger partial charge is 0.330 e. The Kier molecular flexibility index (Phi) is 2.38. The third-order valence-corrected chi connectivity index (χ3v) is 3.54. The molecule has 5 heteroatoms. The summed E-state index contributed by atoms with van der Waals surface area (Å²) in [6.45, 7) is 4.10. The van der Waals surface area contributed by atoms with Crippen LogP contribution in [0.15, 0.2) is 24.3 Å². The van der Waals surface area contributed by atoms with Crippen molar-refractivity contribution in [2.24, 2.45) is 7.05 Å². The molecule has 0 aliphatic carbocycles. The van der Waals surface area contributed by atoms with Gasteiger partial charge in [0.15, 0.2) is 10.6 Å². The molecule has 0 unspecified atom stereocenters. The Balaban J connectivity index is 2.39. The molecule has 0 radical (unpaired) electrons. The monoisotopic (exact) mass is 258 g/mol. The van der Waals surface area contributed by atoms with Gasteiger partial charge in [-0.3, -0.25) is 9.25 Å². The molecule has 0 aliphatic rings. The van der Waals surface area contributed by atoms with Crippen LogP contribution in [0.25, 0.3) is 16.9 Å². The highest BCUT2D eigenvalue weighted by atomic mass is 32.1. The van der Waals surface area contributed by atoms with Crippen LogP contribution in [0.3, 0.4) is 0 Å². The number of imidazole rings is 1. The first kappa shape index (κ1) is 11.2. The summed E-state index contributed by atoms with van der Waals surface area (Å²) in [6.07, 6.45) is 0. The zero-order valence-corrected chi connectivity index (χ0v) is 11.4. The summed E-state index contributed by atoms with van der Waals surface area (Å²) in [4.78, 5) is 3.25. The van der Waals surface area contributed by atoms with Gasteiger partial charge in [-0.15, -0.1) is 0 Å². The first-order valence-electron chi connectivity index (χ1n) is 5.79. The zero-order chi connectivity index (χ0) is 12.9. The van der Waals surface area contributed by atoms with E-state index in [4.69, 9.17) is 12.2 Å². The van der Waals surface area contributed by atoms with Crippen molar-refractivity contribution in [1.82, 2.24) is 19.3 Å². The second-order valence-corrected chi connectivity index (χ2v) is 4.89. The fourth-order valence-corrected chi connectivity index (χ4v) is 2.45. The predicted octanol–water partition coefficient (Wildman–Crippen LogP) is 3.04. The lowest BCUT2D eigenvalue weighted by atomic mass is 10.2. The van der Waals surface area contributed by atoms with E-state index in [0.717, 1.165) is 22.5 Å². The molecular formula is C13H14N4S. The van der Waals surface area contributed by atoms with Crippen LogP contribution in [0.4, 0.5) is 0 Å². The van der Waals surface area contributed by atoms with E-state index in [-0.39, 0.29) is 0 Å². The summed E-state index contributed by atoms with van der Waals surface area (Å²) in [6, 6.07) is 8.19. The van der Waals surface area contributed by atoms with Gasteiger partial charge < -0.3 is 4.98 Å². The second-order valence-electron chi connectivity index (χ2n) is 4.50. The molecule has 92 valence electrons. The highest BCUT2D eigenvalue weighted by Gasteiger charge is 2.10.